The molecule has 1 saturated carbocycles. The van der Waals surface area contributed by atoms with Gasteiger partial charge in [0.25, 0.3) is 0 Å². The molecule has 15 heavy (non-hydrogen) atoms. The average molecular weight is 210 g/mol. The summed E-state index contributed by atoms with van der Waals surface area (Å²) < 4.78 is 6.24. The number of carbonyl (C=O) groups excluding carboxylic acids is 1. The molecule has 0 spiro atoms. The first-order valence-electron chi connectivity index (χ1n) is 5.03. The highest BCUT2D eigenvalue weighted by atomic mass is 16.5. The Morgan fingerprint density at radius 2 is 2.47 bits per heavy atom. The Hall–Kier alpha value is -1.36. The van der Waals surface area contributed by atoms with E-state index in [1.807, 2.05) is 0 Å². The van der Waals surface area contributed by atoms with Gasteiger partial charge in [0.1, 0.15) is 0 Å². The fourth-order valence-electron chi connectivity index (χ4n) is 1.97. The predicted octanol–water partition coefficient (Wildman–Crippen LogP) is 0.756. The molecule has 0 aliphatic heterocycles. The Morgan fingerprint density at radius 1 is 1.67 bits per heavy atom. The fraction of sp³-hybridized carbons (Fsp3) is 0.600. The third-order valence-corrected chi connectivity index (χ3v) is 2.81. The largest absolute Gasteiger partial charge is 0.465 e. The van der Waals surface area contributed by atoms with Crippen molar-refractivity contribution in [2.24, 2.45) is 0 Å². The molecule has 1 fully saturated rings. The van der Waals surface area contributed by atoms with Crippen molar-refractivity contribution in [2.45, 2.75) is 31.4 Å². The van der Waals surface area contributed by atoms with Gasteiger partial charge in [0, 0.05) is 6.20 Å². The van der Waals surface area contributed by atoms with E-state index in [4.69, 9.17) is 0 Å². The summed E-state index contributed by atoms with van der Waals surface area (Å²) in [5.41, 5.74) is 0.427. The van der Waals surface area contributed by atoms with Crippen LogP contribution in [0.2, 0.25) is 0 Å². The molecule has 0 saturated heterocycles. The Labute approximate surface area is 87.7 Å². The summed E-state index contributed by atoms with van der Waals surface area (Å²) in [5.74, 6) is -0.395. The number of aliphatic hydroxyl groups excluding tert-OH is 1. The number of hydrogen-bond donors (Lipinski definition) is 1. The highest BCUT2D eigenvalue weighted by Crippen LogP contribution is 2.29. The maximum atomic E-state index is 11.2. The maximum Gasteiger partial charge on any atom is 0.341 e. The second-order valence-corrected chi connectivity index (χ2v) is 3.77. The number of nitrogens with zero attached hydrogens (tertiary/aromatic N) is 2. The van der Waals surface area contributed by atoms with Crippen molar-refractivity contribution in [1.82, 2.24) is 9.78 Å². The lowest BCUT2D eigenvalue weighted by molar-refractivity contribution is 0.0600. The highest BCUT2D eigenvalue weighted by molar-refractivity contribution is 5.88. The molecule has 1 aromatic heterocycles. The summed E-state index contributed by atoms with van der Waals surface area (Å²) >= 11 is 0. The van der Waals surface area contributed by atoms with Crippen molar-refractivity contribution in [1.29, 1.82) is 0 Å². The van der Waals surface area contributed by atoms with Gasteiger partial charge in [-0.2, -0.15) is 5.10 Å². The highest BCUT2D eigenvalue weighted by Gasteiger charge is 2.27. The van der Waals surface area contributed by atoms with E-state index in [1.54, 1.807) is 10.9 Å². The third-order valence-electron chi connectivity index (χ3n) is 2.81. The van der Waals surface area contributed by atoms with Gasteiger partial charge in [0.2, 0.25) is 0 Å². The molecule has 1 aromatic rings. The predicted molar refractivity (Wildman–Crippen MR) is 52.5 cm³/mol. The number of rotatable bonds is 2. The molecule has 1 aliphatic rings. The topological polar surface area (TPSA) is 64.3 Å². The molecular weight excluding hydrogens is 196 g/mol. The van der Waals surface area contributed by atoms with Gasteiger partial charge in [-0.1, -0.05) is 0 Å². The Balaban J connectivity index is 2.16. The van der Waals surface area contributed by atoms with Crippen LogP contribution in [-0.4, -0.2) is 34.1 Å². The zero-order chi connectivity index (χ0) is 10.8. The molecule has 5 nitrogen and oxygen atoms in total. The summed E-state index contributed by atoms with van der Waals surface area (Å²) in [7, 11) is 1.34. The monoisotopic (exact) mass is 210 g/mol. The van der Waals surface area contributed by atoms with Crippen molar-refractivity contribution in [3.05, 3.63) is 18.0 Å². The number of esters is 1. The molecule has 2 rings (SSSR count). The smallest absolute Gasteiger partial charge is 0.341 e. The van der Waals surface area contributed by atoms with E-state index >= 15 is 0 Å². The van der Waals surface area contributed by atoms with E-state index in [1.165, 1.54) is 13.3 Å². The van der Waals surface area contributed by atoms with Crippen LogP contribution in [0.3, 0.4) is 0 Å². The molecule has 0 aromatic carbocycles. The molecule has 0 amide bonds. The average Bonchev–Trinajstić information content (AvgIpc) is 2.84. The minimum atomic E-state index is -0.395. The number of carbonyl (C=O) groups is 1. The van der Waals surface area contributed by atoms with E-state index in [0.717, 1.165) is 19.3 Å². The van der Waals surface area contributed by atoms with Crippen molar-refractivity contribution in [3.63, 3.8) is 0 Å². The van der Waals surface area contributed by atoms with Gasteiger partial charge in [0.15, 0.2) is 0 Å². The van der Waals surface area contributed by atoms with Gasteiger partial charge in [-0.3, -0.25) is 4.68 Å². The van der Waals surface area contributed by atoms with Gasteiger partial charge < -0.3 is 9.84 Å². The standard InChI is InChI=1S/C10H14N2O3/c1-15-10(14)7-5-11-12(6-7)8-3-2-4-9(8)13/h5-6,8-9,13H,2-4H2,1H3/t8-,9-/m1/s1. The lowest BCUT2D eigenvalue weighted by Gasteiger charge is -2.14. The first-order valence-corrected chi connectivity index (χ1v) is 5.03. The van der Waals surface area contributed by atoms with Gasteiger partial charge in [-0.25, -0.2) is 4.79 Å². The Bertz CT molecular complexity index is 361. The van der Waals surface area contributed by atoms with E-state index in [9.17, 15) is 9.90 Å². The van der Waals surface area contributed by atoms with Crippen LogP contribution in [0.25, 0.3) is 0 Å². The van der Waals surface area contributed by atoms with Crippen LogP contribution in [0.1, 0.15) is 35.7 Å². The summed E-state index contributed by atoms with van der Waals surface area (Å²) in [6.45, 7) is 0. The molecule has 5 heteroatoms. The van der Waals surface area contributed by atoms with Crippen LogP contribution in [0.15, 0.2) is 12.4 Å². The van der Waals surface area contributed by atoms with Gasteiger partial charge in [0.05, 0.1) is 31.0 Å². The summed E-state index contributed by atoms with van der Waals surface area (Å²) in [5, 5.41) is 13.7. The van der Waals surface area contributed by atoms with E-state index in [2.05, 4.69) is 9.84 Å². The molecule has 0 radical (unpaired) electrons. The quantitative estimate of drug-likeness (QED) is 0.732. The minimum absolute atomic E-state index is 0.00315. The van der Waals surface area contributed by atoms with Gasteiger partial charge in [-0.15, -0.1) is 0 Å². The summed E-state index contributed by atoms with van der Waals surface area (Å²) in [4.78, 5) is 11.2. The summed E-state index contributed by atoms with van der Waals surface area (Å²) in [6, 6.07) is 0.00315. The molecule has 0 unspecified atom stereocenters. The molecule has 82 valence electrons. The molecule has 1 aliphatic carbocycles. The second-order valence-electron chi connectivity index (χ2n) is 3.77. The molecule has 0 bridgehead atoms. The molecule has 2 atom stereocenters. The zero-order valence-corrected chi connectivity index (χ0v) is 8.59. The van der Waals surface area contributed by atoms with Crippen LogP contribution in [0, 0.1) is 0 Å². The Kier molecular flexibility index (Phi) is 2.73. The maximum absolute atomic E-state index is 11.2. The van der Waals surface area contributed by atoms with Gasteiger partial charge in [-0.05, 0) is 19.3 Å². The van der Waals surface area contributed by atoms with E-state index in [0.29, 0.717) is 5.56 Å². The zero-order valence-electron chi connectivity index (χ0n) is 8.59. The SMILES string of the molecule is COC(=O)c1cnn([C@@H]2CCC[C@H]2O)c1. The van der Waals surface area contributed by atoms with E-state index in [-0.39, 0.29) is 12.1 Å². The number of aromatic nitrogens is 2. The van der Waals surface area contributed by atoms with Crippen LogP contribution < -0.4 is 0 Å². The lowest BCUT2D eigenvalue weighted by Crippen LogP contribution is -2.18. The van der Waals surface area contributed by atoms with Gasteiger partial charge >= 0.3 is 5.97 Å². The van der Waals surface area contributed by atoms with Crippen molar-refractivity contribution >= 4 is 5.97 Å². The normalized spacial score (nSPS) is 25.5. The Morgan fingerprint density at radius 3 is 3.07 bits per heavy atom. The number of ether oxygens (including phenoxy) is 1. The van der Waals surface area contributed by atoms with Crippen molar-refractivity contribution < 1.29 is 14.6 Å². The van der Waals surface area contributed by atoms with Crippen molar-refractivity contribution in [3.8, 4) is 0 Å². The van der Waals surface area contributed by atoms with Crippen molar-refractivity contribution in [2.75, 3.05) is 7.11 Å². The number of aliphatic hydroxyl groups is 1. The first kappa shape index (κ1) is 10.2. The number of methoxy groups -OCH3 is 1. The molecule has 1 N–H and O–H groups in total. The van der Waals surface area contributed by atoms with E-state index < -0.39 is 5.97 Å². The third kappa shape index (κ3) is 1.87. The van der Waals surface area contributed by atoms with Crippen LogP contribution in [0.4, 0.5) is 0 Å². The first-order chi connectivity index (χ1) is 7.22. The molecular formula is C10H14N2O3. The van der Waals surface area contributed by atoms with Crippen LogP contribution in [-0.2, 0) is 4.74 Å². The molecule has 1 heterocycles. The number of hydrogen-bond acceptors (Lipinski definition) is 4. The fourth-order valence-corrected chi connectivity index (χ4v) is 1.97. The van der Waals surface area contributed by atoms with Crippen LogP contribution >= 0.6 is 0 Å². The van der Waals surface area contributed by atoms with Crippen LogP contribution in [0.5, 0.6) is 0 Å². The minimum Gasteiger partial charge on any atom is -0.465 e. The summed E-state index contributed by atoms with van der Waals surface area (Å²) in [6.07, 6.45) is 5.46. The lowest BCUT2D eigenvalue weighted by atomic mass is 10.2. The second kappa shape index (κ2) is 4.02.